The predicted octanol–water partition coefficient (Wildman–Crippen LogP) is 0.0616. The summed E-state index contributed by atoms with van der Waals surface area (Å²) in [6, 6.07) is 2.99. The van der Waals surface area contributed by atoms with Crippen LogP contribution in [0.1, 0.15) is 24.3 Å². The van der Waals surface area contributed by atoms with Gasteiger partial charge in [-0.2, -0.15) is 0 Å². The van der Waals surface area contributed by atoms with Gasteiger partial charge in [0, 0.05) is 13.1 Å². The summed E-state index contributed by atoms with van der Waals surface area (Å²) in [6.07, 6.45) is 0.291. The Balaban J connectivity index is 2.32. The van der Waals surface area contributed by atoms with Crippen molar-refractivity contribution in [2.75, 3.05) is 23.1 Å². The maximum absolute atomic E-state index is 11.4. The molecule has 0 spiro atoms. The third-order valence-electron chi connectivity index (χ3n) is 4.23. The minimum Gasteiger partial charge on any atom is -0.465 e. The van der Waals surface area contributed by atoms with Gasteiger partial charge in [0.2, 0.25) is 0 Å². The quantitative estimate of drug-likeness (QED) is 0.291. The van der Waals surface area contributed by atoms with E-state index in [1.807, 2.05) is 0 Å². The van der Waals surface area contributed by atoms with Crippen LogP contribution in [-0.4, -0.2) is 41.3 Å². The molecule has 1 aromatic rings. The van der Waals surface area contributed by atoms with Gasteiger partial charge in [-0.3, -0.25) is 0 Å². The molecule has 0 aliphatic carbocycles. The number of rotatable bonds is 3. The number of benzene rings is 1. The van der Waals surface area contributed by atoms with Crippen LogP contribution in [-0.2, 0) is 0 Å². The maximum Gasteiger partial charge on any atom is 0.407 e. The van der Waals surface area contributed by atoms with Crippen LogP contribution in [0.3, 0.4) is 0 Å². The van der Waals surface area contributed by atoms with Crippen molar-refractivity contribution in [3.05, 3.63) is 23.8 Å². The molecule has 0 bridgehead atoms. The van der Waals surface area contributed by atoms with Crippen LogP contribution < -0.4 is 33.2 Å². The molecule has 1 heterocycles. The first-order valence-electron chi connectivity index (χ1n) is 7.52. The van der Waals surface area contributed by atoms with Crippen molar-refractivity contribution >= 4 is 29.5 Å². The Morgan fingerprint density at radius 2 is 1.52 bits per heavy atom. The van der Waals surface area contributed by atoms with E-state index in [-0.39, 0.29) is 17.3 Å². The summed E-state index contributed by atoms with van der Waals surface area (Å²) >= 11 is 0. The van der Waals surface area contributed by atoms with E-state index in [4.69, 9.17) is 28.3 Å². The number of carbonyl (C=O) groups is 3. The molecule has 1 aromatic carbocycles. The number of anilines is 2. The summed E-state index contributed by atoms with van der Waals surface area (Å²) in [6.45, 7) is 0.813. The number of hydrogen-bond donors (Lipinski definition) is 5. The van der Waals surface area contributed by atoms with Crippen LogP contribution in [0, 0.1) is 0 Å². The Labute approximate surface area is 143 Å². The maximum atomic E-state index is 11.4. The van der Waals surface area contributed by atoms with Gasteiger partial charge < -0.3 is 21.5 Å². The molecule has 0 aromatic heterocycles. The molecule has 9 N–H and O–H groups in total. The predicted molar refractivity (Wildman–Crippen MR) is 90.5 cm³/mol. The molecule has 25 heavy (non-hydrogen) atoms. The lowest BCUT2D eigenvalue weighted by molar-refractivity contribution is 0.132. The molecule has 0 saturated carbocycles. The van der Waals surface area contributed by atoms with E-state index in [0.29, 0.717) is 35.9 Å². The smallest absolute Gasteiger partial charge is 0.407 e. The number of carbonyl (C=O) groups excluding carboxylic acids is 2. The molecule has 1 fully saturated rings. The summed E-state index contributed by atoms with van der Waals surface area (Å²) in [7, 11) is 0. The molecule has 11 heteroatoms. The fourth-order valence-corrected chi connectivity index (χ4v) is 2.83. The van der Waals surface area contributed by atoms with Gasteiger partial charge in [-0.05, 0) is 36.5 Å². The third kappa shape index (κ3) is 3.89. The fraction of sp³-hybridized carbons (Fsp3) is 0.357. The Bertz CT molecular complexity index is 688. The third-order valence-corrected chi connectivity index (χ3v) is 4.23. The largest absolute Gasteiger partial charge is 0.465 e. The van der Waals surface area contributed by atoms with Gasteiger partial charge in [-0.1, -0.05) is 6.07 Å². The number of primary amides is 2. The number of amides is 5. The van der Waals surface area contributed by atoms with Gasteiger partial charge in [0.25, 0.3) is 0 Å². The van der Waals surface area contributed by atoms with Crippen molar-refractivity contribution in [3.63, 3.8) is 0 Å². The van der Waals surface area contributed by atoms with Gasteiger partial charge >= 0.3 is 18.2 Å². The van der Waals surface area contributed by atoms with Crippen molar-refractivity contribution in [2.24, 2.45) is 23.2 Å². The summed E-state index contributed by atoms with van der Waals surface area (Å²) < 4.78 is 0. The molecule has 1 aliphatic rings. The Morgan fingerprint density at radius 3 is 2.00 bits per heavy atom. The number of hydrazine groups is 2. The minimum atomic E-state index is -0.948. The molecule has 1 aliphatic heterocycles. The van der Waals surface area contributed by atoms with Gasteiger partial charge in [0.15, 0.2) is 0 Å². The number of piperidine rings is 1. The van der Waals surface area contributed by atoms with Gasteiger partial charge in [-0.25, -0.2) is 36.1 Å². The van der Waals surface area contributed by atoms with E-state index < -0.39 is 18.2 Å². The highest BCUT2D eigenvalue weighted by molar-refractivity contribution is 5.99. The van der Waals surface area contributed by atoms with Gasteiger partial charge in [0.1, 0.15) is 0 Å². The zero-order valence-electron chi connectivity index (χ0n) is 13.5. The fourth-order valence-electron chi connectivity index (χ4n) is 2.83. The van der Waals surface area contributed by atoms with E-state index in [9.17, 15) is 14.4 Å². The normalized spacial score (nSPS) is 14.9. The molecular formula is C14H21N7O4. The number of urea groups is 2. The highest BCUT2D eigenvalue weighted by Gasteiger charge is 2.26. The molecule has 0 atom stereocenters. The van der Waals surface area contributed by atoms with Crippen LogP contribution in [0.5, 0.6) is 0 Å². The molecule has 1 saturated heterocycles. The van der Waals surface area contributed by atoms with Crippen molar-refractivity contribution in [3.8, 4) is 0 Å². The first-order valence-corrected chi connectivity index (χ1v) is 7.52. The highest BCUT2D eigenvalue weighted by atomic mass is 16.4. The lowest BCUT2D eigenvalue weighted by Crippen LogP contribution is -2.46. The number of nitrogens with zero attached hydrogens (tertiary/aromatic N) is 3. The van der Waals surface area contributed by atoms with E-state index in [2.05, 4.69) is 0 Å². The van der Waals surface area contributed by atoms with Crippen molar-refractivity contribution in [2.45, 2.75) is 18.8 Å². The summed E-state index contributed by atoms with van der Waals surface area (Å²) in [4.78, 5) is 35.1. The van der Waals surface area contributed by atoms with Crippen LogP contribution in [0.25, 0.3) is 0 Å². The van der Waals surface area contributed by atoms with Crippen molar-refractivity contribution in [1.29, 1.82) is 0 Å². The number of likely N-dealkylation sites (tertiary alicyclic amines) is 1. The Hall–Kier alpha value is -3.05. The second-order valence-electron chi connectivity index (χ2n) is 5.71. The number of nitrogens with two attached hydrogens (primary N) is 4. The lowest BCUT2D eigenvalue weighted by Gasteiger charge is -2.31. The topological polar surface area (TPSA) is 185 Å². The highest BCUT2D eigenvalue weighted by Crippen LogP contribution is 2.34. The van der Waals surface area contributed by atoms with E-state index in [1.54, 1.807) is 12.1 Å². The second kappa shape index (κ2) is 7.23. The molecule has 2 rings (SSSR count). The average molecular weight is 351 g/mol. The Kier molecular flexibility index (Phi) is 5.29. The van der Waals surface area contributed by atoms with Crippen molar-refractivity contribution in [1.82, 2.24) is 4.90 Å². The SMILES string of the molecule is NC(=O)N(N)c1ccc(C2CCN(C(=O)O)CC2)cc1N(N)C(N)=O. The van der Waals surface area contributed by atoms with Gasteiger partial charge in [-0.15, -0.1) is 0 Å². The van der Waals surface area contributed by atoms with E-state index in [0.717, 1.165) is 5.56 Å². The van der Waals surface area contributed by atoms with E-state index >= 15 is 0 Å². The zero-order valence-corrected chi connectivity index (χ0v) is 13.5. The summed E-state index contributed by atoms with van der Waals surface area (Å²) in [5, 5.41) is 10.3. The van der Waals surface area contributed by atoms with Crippen LogP contribution in [0.2, 0.25) is 0 Å². The monoisotopic (exact) mass is 351 g/mol. The van der Waals surface area contributed by atoms with E-state index in [1.165, 1.54) is 11.0 Å². The zero-order chi connectivity index (χ0) is 18.7. The molecule has 136 valence electrons. The summed E-state index contributed by atoms with van der Waals surface area (Å²) in [5.74, 6) is 11.4. The molecule has 11 nitrogen and oxygen atoms in total. The molecule has 0 unspecified atom stereocenters. The van der Waals surface area contributed by atoms with Gasteiger partial charge in [0.05, 0.1) is 11.4 Å². The lowest BCUT2D eigenvalue weighted by atomic mass is 9.89. The second-order valence-corrected chi connectivity index (χ2v) is 5.71. The number of carboxylic acid groups (broad SMARTS) is 1. The van der Waals surface area contributed by atoms with Crippen LogP contribution in [0.15, 0.2) is 18.2 Å². The standard InChI is InChI=1S/C14H21N7O4/c15-12(22)20(17)10-2-1-9(7-11(10)21(18)13(16)23)8-3-5-19(6-4-8)14(24)25/h1-2,7-8H,3-6,17-18H2,(H2,15,22)(H2,16,23)(H,24,25). The first kappa shape index (κ1) is 18.3. The molecular weight excluding hydrogens is 330 g/mol. The summed E-state index contributed by atoms with van der Waals surface area (Å²) in [5.41, 5.74) is 11.5. The average Bonchev–Trinajstić information content (AvgIpc) is 2.59. The van der Waals surface area contributed by atoms with Crippen LogP contribution in [0.4, 0.5) is 25.8 Å². The molecule has 0 radical (unpaired) electrons. The molecule has 5 amide bonds. The van der Waals surface area contributed by atoms with Crippen molar-refractivity contribution < 1.29 is 19.5 Å². The minimum absolute atomic E-state index is 0.0736. The first-order chi connectivity index (χ1) is 11.7. The van der Waals surface area contributed by atoms with Crippen LogP contribution >= 0.6 is 0 Å². The Morgan fingerprint density at radius 1 is 1.00 bits per heavy atom. The number of hydrogen-bond acceptors (Lipinski definition) is 5.